The molecule has 3 heteroatoms. The van der Waals surface area contributed by atoms with Gasteiger partial charge in [-0.2, -0.15) is 0 Å². The second-order valence-corrected chi connectivity index (χ2v) is 6.74. The fourth-order valence-corrected chi connectivity index (χ4v) is 3.00. The van der Waals surface area contributed by atoms with Crippen molar-refractivity contribution in [3.8, 4) is 0 Å². The summed E-state index contributed by atoms with van der Waals surface area (Å²) < 4.78 is 5.64. The van der Waals surface area contributed by atoms with E-state index < -0.39 is 0 Å². The second-order valence-electron chi connectivity index (χ2n) is 6.30. The van der Waals surface area contributed by atoms with E-state index in [0.717, 1.165) is 33.9 Å². The molecule has 104 valence electrons. The van der Waals surface area contributed by atoms with Gasteiger partial charge in [-0.3, -0.25) is 4.79 Å². The van der Waals surface area contributed by atoms with Crippen molar-refractivity contribution < 1.29 is 9.21 Å². The van der Waals surface area contributed by atoms with Crippen molar-refractivity contribution in [2.45, 2.75) is 33.1 Å². The van der Waals surface area contributed by atoms with Gasteiger partial charge < -0.3 is 4.42 Å². The first kappa shape index (κ1) is 13.4. The van der Waals surface area contributed by atoms with Crippen LogP contribution in [0.15, 0.2) is 34.9 Å². The van der Waals surface area contributed by atoms with E-state index in [1.165, 1.54) is 0 Å². The predicted octanol–water partition coefficient (Wildman–Crippen LogP) is 4.68. The monoisotopic (exact) mass is 288 g/mol. The summed E-state index contributed by atoms with van der Waals surface area (Å²) in [6.45, 7) is 4.21. The molecule has 0 radical (unpaired) electrons. The zero-order valence-electron chi connectivity index (χ0n) is 11.7. The van der Waals surface area contributed by atoms with E-state index >= 15 is 0 Å². The van der Waals surface area contributed by atoms with E-state index in [-0.39, 0.29) is 11.2 Å². The van der Waals surface area contributed by atoms with Crippen LogP contribution >= 0.6 is 11.6 Å². The average Bonchev–Trinajstić information content (AvgIpc) is 2.73. The number of carbonyl (C=O) groups is 1. The largest absolute Gasteiger partial charge is 0.468 e. The minimum atomic E-state index is -0.000517. The van der Waals surface area contributed by atoms with Gasteiger partial charge in [0.1, 0.15) is 5.76 Å². The molecule has 3 rings (SSSR count). The van der Waals surface area contributed by atoms with E-state index in [2.05, 4.69) is 13.8 Å². The van der Waals surface area contributed by atoms with Crippen molar-refractivity contribution in [2.75, 3.05) is 0 Å². The molecule has 0 saturated heterocycles. The Kier molecular flexibility index (Phi) is 3.21. The van der Waals surface area contributed by atoms with Gasteiger partial charge in [-0.15, -0.1) is 0 Å². The summed E-state index contributed by atoms with van der Waals surface area (Å²) in [6.07, 6.45) is 3.86. The van der Waals surface area contributed by atoms with E-state index in [9.17, 15) is 4.79 Å². The first-order chi connectivity index (χ1) is 9.44. The van der Waals surface area contributed by atoms with Crippen LogP contribution in [0, 0.1) is 5.41 Å². The van der Waals surface area contributed by atoms with E-state index in [1.807, 2.05) is 24.3 Å². The van der Waals surface area contributed by atoms with E-state index in [1.54, 1.807) is 6.26 Å². The van der Waals surface area contributed by atoms with Crippen molar-refractivity contribution in [2.24, 2.45) is 5.41 Å². The maximum atomic E-state index is 12.3. The van der Waals surface area contributed by atoms with Crippen molar-refractivity contribution in [3.05, 3.63) is 58.0 Å². The van der Waals surface area contributed by atoms with Gasteiger partial charge in [-0.05, 0) is 23.1 Å². The lowest BCUT2D eigenvalue weighted by Crippen LogP contribution is -2.26. The highest BCUT2D eigenvalue weighted by atomic mass is 35.5. The molecule has 0 saturated carbocycles. The van der Waals surface area contributed by atoms with Crippen LogP contribution in [0.1, 0.15) is 47.5 Å². The quantitative estimate of drug-likeness (QED) is 0.803. The van der Waals surface area contributed by atoms with Crippen LogP contribution in [0.2, 0.25) is 5.02 Å². The predicted molar refractivity (Wildman–Crippen MR) is 79.4 cm³/mol. The molecule has 1 aliphatic rings. The number of ketones is 1. The Balaban J connectivity index is 1.92. The van der Waals surface area contributed by atoms with E-state index in [0.29, 0.717) is 12.8 Å². The van der Waals surface area contributed by atoms with E-state index in [4.69, 9.17) is 16.0 Å². The normalized spacial score (nSPS) is 17.1. The Labute approximate surface area is 123 Å². The van der Waals surface area contributed by atoms with Crippen LogP contribution in [0.3, 0.4) is 0 Å². The van der Waals surface area contributed by atoms with Gasteiger partial charge >= 0.3 is 0 Å². The lowest BCUT2D eigenvalue weighted by Gasteiger charge is -2.27. The number of carbonyl (C=O) groups excluding carboxylic acids is 1. The van der Waals surface area contributed by atoms with Gasteiger partial charge in [0.25, 0.3) is 0 Å². The van der Waals surface area contributed by atoms with Crippen LogP contribution in [0.4, 0.5) is 0 Å². The molecular formula is C17H17ClO2. The molecule has 0 spiro atoms. The smallest absolute Gasteiger partial charge is 0.167 e. The second kappa shape index (κ2) is 4.78. The first-order valence-electron chi connectivity index (χ1n) is 6.81. The van der Waals surface area contributed by atoms with Crippen molar-refractivity contribution >= 4 is 17.4 Å². The number of furan rings is 1. The summed E-state index contributed by atoms with van der Waals surface area (Å²) in [6, 6.07) is 7.71. The van der Waals surface area contributed by atoms with Crippen LogP contribution in [0.5, 0.6) is 0 Å². The van der Waals surface area contributed by atoms with Gasteiger partial charge in [0.2, 0.25) is 0 Å². The highest BCUT2D eigenvalue weighted by Gasteiger charge is 2.34. The standard InChI is InChI=1S/C17H17ClO2/c1-17(2)8-14(19)16-12(10-20-15(16)9-17)7-11-3-5-13(18)6-4-11/h3-6,10H,7-9H2,1-2H3. The summed E-state index contributed by atoms with van der Waals surface area (Å²) >= 11 is 5.89. The highest BCUT2D eigenvalue weighted by molar-refractivity contribution is 6.30. The minimum Gasteiger partial charge on any atom is -0.468 e. The SMILES string of the molecule is CC1(C)CC(=O)c2c(Cc3ccc(Cl)cc3)coc2C1. The number of hydrogen-bond acceptors (Lipinski definition) is 2. The molecule has 2 nitrogen and oxygen atoms in total. The molecular weight excluding hydrogens is 272 g/mol. The van der Waals surface area contributed by atoms with Crippen molar-refractivity contribution in [1.29, 1.82) is 0 Å². The highest BCUT2D eigenvalue weighted by Crippen LogP contribution is 2.37. The number of fused-ring (bicyclic) bond motifs is 1. The van der Waals surface area contributed by atoms with Gasteiger partial charge in [-0.25, -0.2) is 0 Å². The van der Waals surface area contributed by atoms with Gasteiger partial charge in [-0.1, -0.05) is 37.6 Å². The Morgan fingerprint density at radius 3 is 2.60 bits per heavy atom. The number of rotatable bonds is 2. The minimum absolute atomic E-state index is 0.000517. The third kappa shape index (κ3) is 2.53. The summed E-state index contributed by atoms with van der Waals surface area (Å²) in [4.78, 5) is 12.3. The van der Waals surface area contributed by atoms with Gasteiger partial charge in [0.15, 0.2) is 5.78 Å². The summed E-state index contributed by atoms with van der Waals surface area (Å²) in [5.41, 5.74) is 2.93. The number of benzene rings is 1. The first-order valence-corrected chi connectivity index (χ1v) is 7.19. The molecule has 2 aromatic rings. The number of Topliss-reactive ketones (excluding diaryl/α,β-unsaturated/α-hetero) is 1. The molecule has 20 heavy (non-hydrogen) atoms. The molecule has 0 atom stereocenters. The zero-order valence-corrected chi connectivity index (χ0v) is 12.5. The summed E-state index contributed by atoms with van der Waals surface area (Å²) in [5, 5.41) is 0.723. The molecule has 0 unspecified atom stereocenters. The lowest BCUT2D eigenvalue weighted by molar-refractivity contribution is 0.0903. The van der Waals surface area contributed by atoms with Crippen LogP contribution in [-0.2, 0) is 12.8 Å². The molecule has 0 amide bonds. The Bertz CT molecular complexity index is 650. The van der Waals surface area contributed by atoms with Gasteiger partial charge in [0, 0.05) is 29.8 Å². The van der Waals surface area contributed by atoms with Crippen LogP contribution < -0.4 is 0 Å². The Morgan fingerprint density at radius 2 is 1.90 bits per heavy atom. The zero-order chi connectivity index (χ0) is 14.3. The topological polar surface area (TPSA) is 30.2 Å². The Morgan fingerprint density at radius 1 is 1.20 bits per heavy atom. The fourth-order valence-electron chi connectivity index (χ4n) is 2.88. The maximum Gasteiger partial charge on any atom is 0.167 e. The molecule has 1 heterocycles. The molecule has 0 fully saturated rings. The molecule has 0 N–H and O–H groups in total. The third-order valence-corrected chi connectivity index (χ3v) is 4.06. The molecule has 0 bridgehead atoms. The number of hydrogen-bond donors (Lipinski definition) is 0. The summed E-state index contributed by atoms with van der Waals surface area (Å²) in [7, 11) is 0. The fraction of sp³-hybridized carbons (Fsp3) is 0.353. The molecule has 1 aliphatic carbocycles. The van der Waals surface area contributed by atoms with Crippen molar-refractivity contribution in [3.63, 3.8) is 0 Å². The molecule has 1 aromatic carbocycles. The molecule has 0 aliphatic heterocycles. The molecule has 1 aromatic heterocycles. The third-order valence-electron chi connectivity index (χ3n) is 3.81. The van der Waals surface area contributed by atoms with Gasteiger partial charge in [0.05, 0.1) is 11.8 Å². The lowest BCUT2D eigenvalue weighted by atomic mass is 9.75. The van der Waals surface area contributed by atoms with Crippen molar-refractivity contribution in [1.82, 2.24) is 0 Å². The van der Waals surface area contributed by atoms with Crippen LogP contribution in [0.25, 0.3) is 0 Å². The van der Waals surface area contributed by atoms with Crippen LogP contribution in [-0.4, -0.2) is 5.78 Å². The average molecular weight is 289 g/mol. The Hall–Kier alpha value is -1.54. The number of halogens is 1. The summed E-state index contributed by atoms with van der Waals surface area (Å²) in [5.74, 6) is 1.05. The maximum absolute atomic E-state index is 12.3.